The first kappa shape index (κ1) is 28.2. The largest absolute Gasteiger partial charge is 0.490 e. The van der Waals surface area contributed by atoms with E-state index in [4.69, 9.17) is 4.74 Å². The van der Waals surface area contributed by atoms with Crippen LogP contribution in [0.15, 0.2) is 12.1 Å². The predicted molar refractivity (Wildman–Crippen MR) is 145 cm³/mol. The number of hydrogen-bond acceptors (Lipinski definition) is 2. The third-order valence-corrected chi connectivity index (χ3v) is 8.96. The van der Waals surface area contributed by atoms with Crippen LogP contribution >= 0.6 is 0 Å². The minimum absolute atomic E-state index is 0.101. The van der Waals surface area contributed by atoms with E-state index in [-0.39, 0.29) is 11.6 Å². The summed E-state index contributed by atoms with van der Waals surface area (Å²) in [5.74, 6) is 2.78. The highest BCUT2D eigenvalue weighted by Gasteiger charge is 2.26. The van der Waals surface area contributed by atoms with Gasteiger partial charge in [0.05, 0.1) is 6.61 Å². The Morgan fingerprint density at radius 2 is 1.31 bits per heavy atom. The third kappa shape index (κ3) is 8.90. The highest BCUT2D eigenvalue weighted by Crippen LogP contribution is 2.36. The molecule has 0 atom stereocenters. The van der Waals surface area contributed by atoms with E-state index in [0.717, 1.165) is 24.7 Å². The maximum atomic E-state index is 15.1. The zero-order valence-electron chi connectivity index (χ0n) is 22.9. The minimum atomic E-state index is -0.344. The van der Waals surface area contributed by atoms with Crippen LogP contribution in [0.5, 0.6) is 5.75 Å². The molecule has 2 saturated carbocycles. The third-order valence-electron chi connectivity index (χ3n) is 8.96. The van der Waals surface area contributed by atoms with Crippen LogP contribution in [-0.2, 0) is 0 Å². The van der Waals surface area contributed by atoms with Gasteiger partial charge in [-0.1, -0.05) is 90.9 Å². The van der Waals surface area contributed by atoms with Crippen molar-refractivity contribution >= 4 is 5.78 Å². The van der Waals surface area contributed by atoms with Crippen molar-refractivity contribution in [3.63, 3.8) is 0 Å². The molecule has 0 spiro atoms. The van der Waals surface area contributed by atoms with Gasteiger partial charge in [0.25, 0.3) is 0 Å². The quantitative estimate of drug-likeness (QED) is 0.193. The van der Waals surface area contributed by atoms with Gasteiger partial charge in [-0.15, -0.1) is 0 Å². The highest BCUT2D eigenvalue weighted by atomic mass is 19.1. The van der Waals surface area contributed by atoms with Gasteiger partial charge in [0.2, 0.25) is 0 Å². The number of ether oxygens (including phenoxy) is 1. The van der Waals surface area contributed by atoms with Crippen molar-refractivity contribution in [3.8, 4) is 5.75 Å². The van der Waals surface area contributed by atoms with E-state index in [2.05, 4.69) is 13.8 Å². The van der Waals surface area contributed by atoms with Crippen LogP contribution in [0.4, 0.5) is 4.39 Å². The summed E-state index contributed by atoms with van der Waals surface area (Å²) in [5.41, 5.74) is 1.01. The normalized spacial score (nSPS) is 24.9. The maximum Gasteiger partial charge on any atom is 0.168 e. The Bertz CT molecular complexity index is 757. The van der Waals surface area contributed by atoms with E-state index in [1.165, 1.54) is 89.9 Å². The van der Waals surface area contributed by atoms with E-state index in [1.807, 2.05) is 0 Å². The van der Waals surface area contributed by atoms with Gasteiger partial charge in [0, 0.05) is 12.0 Å². The SMILES string of the molecule is CCCCCC1CCC(COc2ccc(C(=O)CC3CCC(CCCCC)CC3)c(C)c2F)CC1. The zero-order valence-corrected chi connectivity index (χ0v) is 22.9. The molecule has 0 N–H and O–H groups in total. The van der Waals surface area contributed by atoms with Crippen LogP contribution in [0.3, 0.4) is 0 Å². The Balaban J connectivity index is 1.42. The number of carbonyl (C=O) groups is 1. The van der Waals surface area contributed by atoms with Crippen LogP contribution in [0.25, 0.3) is 0 Å². The molecule has 3 rings (SSSR count). The van der Waals surface area contributed by atoms with Crippen molar-refractivity contribution in [1.29, 1.82) is 0 Å². The lowest BCUT2D eigenvalue weighted by Crippen LogP contribution is -2.20. The van der Waals surface area contributed by atoms with Gasteiger partial charge in [-0.2, -0.15) is 0 Å². The molecule has 198 valence electrons. The Hall–Kier alpha value is -1.38. The second kappa shape index (κ2) is 15.0. The van der Waals surface area contributed by atoms with Crippen molar-refractivity contribution in [2.24, 2.45) is 23.7 Å². The lowest BCUT2D eigenvalue weighted by atomic mass is 9.77. The molecule has 0 bridgehead atoms. The molecule has 0 unspecified atom stereocenters. The van der Waals surface area contributed by atoms with Gasteiger partial charge in [0.15, 0.2) is 17.3 Å². The molecule has 35 heavy (non-hydrogen) atoms. The molecule has 2 fully saturated rings. The van der Waals surface area contributed by atoms with Crippen LogP contribution in [0, 0.1) is 36.4 Å². The van der Waals surface area contributed by atoms with Crippen LogP contribution in [-0.4, -0.2) is 12.4 Å². The Morgan fingerprint density at radius 3 is 1.86 bits per heavy atom. The summed E-state index contributed by atoms with van der Waals surface area (Å²) in [6, 6.07) is 3.49. The fourth-order valence-corrected chi connectivity index (χ4v) is 6.43. The molecule has 2 aliphatic rings. The van der Waals surface area contributed by atoms with Gasteiger partial charge in [-0.05, 0) is 74.0 Å². The molecule has 2 aliphatic carbocycles. The van der Waals surface area contributed by atoms with Gasteiger partial charge in [-0.3, -0.25) is 4.79 Å². The summed E-state index contributed by atoms with van der Waals surface area (Å²) in [7, 11) is 0. The molecule has 1 aromatic carbocycles. The van der Waals surface area contributed by atoms with Crippen molar-refractivity contribution < 1.29 is 13.9 Å². The van der Waals surface area contributed by atoms with Crippen LogP contribution in [0.2, 0.25) is 0 Å². The Labute approximate surface area is 214 Å². The van der Waals surface area contributed by atoms with Crippen molar-refractivity contribution in [3.05, 3.63) is 29.1 Å². The first-order valence-corrected chi connectivity index (χ1v) is 15.0. The first-order valence-electron chi connectivity index (χ1n) is 15.0. The van der Waals surface area contributed by atoms with Crippen molar-refractivity contribution in [2.45, 2.75) is 130 Å². The monoisotopic (exact) mass is 486 g/mol. The summed E-state index contributed by atoms with van der Waals surface area (Å²) < 4.78 is 21.1. The van der Waals surface area contributed by atoms with Gasteiger partial charge in [-0.25, -0.2) is 4.39 Å². The predicted octanol–water partition coefficient (Wildman–Crippen LogP) is 9.86. The molecule has 0 saturated heterocycles. The lowest BCUT2D eigenvalue weighted by Gasteiger charge is -2.29. The Morgan fingerprint density at radius 1 is 0.800 bits per heavy atom. The average molecular weight is 487 g/mol. The molecule has 0 amide bonds. The second-order valence-electron chi connectivity index (χ2n) is 11.8. The van der Waals surface area contributed by atoms with Gasteiger partial charge < -0.3 is 4.74 Å². The zero-order chi connectivity index (χ0) is 25.0. The molecular weight excluding hydrogens is 435 g/mol. The van der Waals surface area contributed by atoms with E-state index in [1.54, 1.807) is 19.1 Å². The van der Waals surface area contributed by atoms with Crippen LogP contribution in [0.1, 0.15) is 139 Å². The lowest BCUT2D eigenvalue weighted by molar-refractivity contribution is 0.0940. The minimum Gasteiger partial charge on any atom is -0.490 e. The number of ketones is 1. The van der Waals surface area contributed by atoms with E-state index >= 15 is 4.39 Å². The van der Waals surface area contributed by atoms with Gasteiger partial charge in [0.1, 0.15) is 0 Å². The number of unbranched alkanes of at least 4 members (excludes halogenated alkanes) is 4. The molecule has 3 heteroatoms. The first-order chi connectivity index (χ1) is 17.0. The number of halogens is 1. The second-order valence-corrected chi connectivity index (χ2v) is 11.8. The highest BCUT2D eigenvalue weighted by molar-refractivity contribution is 5.97. The summed E-state index contributed by atoms with van der Waals surface area (Å²) in [6.07, 6.45) is 21.0. The molecular formula is C32H51FO2. The number of benzene rings is 1. The van der Waals surface area contributed by atoms with E-state index in [9.17, 15) is 4.79 Å². The van der Waals surface area contributed by atoms with Crippen molar-refractivity contribution in [2.75, 3.05) is 6.61 Å². The molecule has 0 heterocycles. The fourth-order valence-electron chi connectivity index (χ4n) is 6.43. The Kier molecular flexibility index (Phi) is 12.1. The molecule has 2 nitrogen and oxygen atoms in total. The van der Waals surface area contributed by atoms with E-state index < -0.39 is 0 Å². The summed E-state index contributed by atoms with van der Waals surface area (Å²) in [4.78, 5) is 13.0. The number of Topliss-reactive ketones (excluding diaryl/α,β-unsaturated/α-hetero) is 1. The number of hydrogen-bond donors (Lipinski definition) is 0. The molecule has 1 aromatic rings. The summed E-state index contributed by atoms with van der Waals surface area (Å²) in [5, 5.41) is 0. The standard InChI is InChI=1S/C32H51FO2/c1-4-6-8-10-25-12-16-27(17-13-25)22-30(34)29-20-21-31(32(33)24(29)3)35-23-28-18-14-26(15-19-28)11-9-7-5-2/h20-21,25-28H,4-19,22-23H2,1-3H3. The number of rotatable bonds is 14. The average Bonchev–Trinajstić information content (AvgIpc) is 2.87. The van der Waals surface area contributed by atoms with Crippen LogP contribution < -0.4 is 4.74 Å². The summed E-state index contributed by atoms with van der Waals surface area (Å²) in [6.45, 7) is 6.85. The maximum absolute atomic E-state index is 15.1. The van der Waals surface area contributed by atoms with E-state index in [0.29, 0.717) is 41.7 Å². The fraction of sp³-hybridized carbons (Fsp3) is 0.781. The molecule has 0 aromatic heterocycles. The molecule has 0 radical (unpaired) electrons. The topological polar surface area (TPSA) is 26.3 Å². The molecule has 0 aliphatic heterocycles. The van der Waals surface area contributed by atoms with Gasteiger partial charge >= 0.3 is 0 Å². The van der Waals surface area contributed by atoms with Crippen molar-refractivity contribution in [1.82, 2.24) is 0 Å². The summed E-state index contributed by atoms with van der Waals surface area (Å²) >= 11 is 0. The smallest absolute Gasteiger partial charge is 0.168 e. The number of carbonyl (C=O) groups excluding carboxylic acids is 1.